The maximum Gasteiger partial charge on any atom is 0.335 e. The zero-order chi connectivity index (χ0) is 69.7. The van der Waals surface area contributed by atoms with Crippen molar-refractivity contribution in [3.8, 4) is 0 Å². The van der Waals surface area contributed by atoms with Crippen molar-refractivity contribution < 1.29 is 143 Å². The highest BCUT2D eigenvalue weighted by atomic mass is 16.8. The van der Waals surface area contributed by atoms with Crippen LogP contribution in [0.25, 0.3) is 0 Å². The first-order chi connectivity index (χ1) is 44.5. The van der Waals surface area contributed by atoms with Crippen LogP contribution >= 0.6 is 0 Å². The maximum atomic E-state index is 13.4. The fourth-order valence-electron chi connectivity index (χ4n) is 18.9. The molecule has 16 N–H and O–H groups in total. The molecule has 5 heterocycles. The molecule has 10 rings (SSSR count). The number of rotatable bonds is 18. The van der Waals surface area contributed by atoms with Gasteiger partial charge >= 0.3 is 11.9 Å². The van der Waals surface area contributed by atoms with E-state index in [1.165, 1.54) is 19.9 Å². The Bertz CT molecular complexity index is 2720. The molecule has 5 aliphatic heterocycles. The molecule has 95 heavy (non-hydrogen) atoms. The van der Waals surface area contributed by atoms with Gasteiger partial charge in [0.2, 0.25) is 0 Å². The van der Waals surface area contributed by atoms with Gasteiger partial charge in [0.1, 0.15) is 110 Å². The third-order valence-corrected chi connectivity index (χ3v) is 24.5. The Balaban J connectivity index is 0.970. The first kappa shape index (κ1) is 75.1. The van der Waals surface area contributed by atoms with Gasteiger partial charge in [-0.05, 0) is 116 Å². The van der Waals surface area contributed by atoms with E-state index in [1.807, 2.05) is 20.8 Å². The topological polar surface area (TPSA) is 459 Å². The normalized spacial score (nSPS) is 52.1. The van der Waals surface area contributed by atoms with Crippen LogP contribution in [-0.2, 0) is 61.7 Å². The lowest BCUT2D eigenvalue weighted by molar-refractivity contribution is -0.412. The summed E-state index contributed by atoms with van der Waals surface area (Å²) in [4.78, 5) is 26.8. The van der Waals surface area contributed by atoms with Crippen LogP contribution in [0.1, 0.15) is 133 Å². The number of carbonyl (C=O) groups excluding carboxylic acids is 1. The minimum atomic E-state index is -2.34. The summed E-state index contributed by atoms with van der Waals surface area (Å²) in [5.41, 5.74) is -2.58. The van der Waals surface area contributed by atoms with Crippen molar-refractivity contribution in [1.82, 2.24) is 0 Å². The van der Waals surface area contributed by atoms with Crippen molar-refractivity contribution in [2.24, 2.45) is 50.2 Å². The molecule has 0 amide bonds. The number of carboxylic acids is 1. The molecule has 10 aliphatic rings. The average Bonchev–Trinajstić information content (AvgIpc) is 0.671. The van der Waals surface area contributed by atoms with E-state index in [4.69, 9.17) is 52.1 Å². The molecule has 0 bridgehead atoms. The summed E-state index contributed by atoms with van der Waals surface area (Å²) in [6, 6.07) is 0. The third kappa shape index (κ3) is 13.1. The lowest BCUT2D eigenvalue weighted by Gasteiger charge is -2.72. The van der Waals surface area contributed by atoms with Crippen LogP contribution in [0.4, 0.5) is 0 Å². The van der Waals surface area contributed by atoms with Crippen LogP contribution in [0.2, 0.25) is 0 Å². The fourth-order valence-corrected chi connectivity index (χ4v) is 18.9. The molecule has 0 spiro atoms. The molecule has 29 heteroatoms. The number of ether oxygens (including phenoxy) is 11. The molecule has 0 aromatic heterocycles. The molecule has 0 aromatic rings. The lowest BCUT2D eigenvalue weighted by Crippen LogP contribution is -2.70. The Morgan fingerprint density at radius 2 is 1.08 bits per heavy atom. The molecule has 9 fully saturated rings. The molecule has 544 valence electrons. The summed E-state index contributed by atoms with van der Waals surface area (Å²) in [6.45, 7) is 17.5. The van der Waals surface area contributed by atoms with Crippen molar-refractivity contribution in [3.05, 3.63) is 23.8 Å². The molecule has 29 nitrogen and oxygen atoms in total. The lowest BCUT2D eigenvalue weighted by atomic mass is 9.33. The van der Waals surface area contributed by atoms with Crippen molar-refractivity contribution in [1.29, 1.82) is 0 Å². The van der Waals surface area contributed by atoms with Gasteiger partial charge in [0.15, 0.2) is 37.6 Å². The second kappa shape index (κ2) is 28.3. The summed E-state index contributed by atoms with van der Waals surface area (Å²) in [6.07, 6.45) is -39.0. The first-order valence-electron chi connectivity index (χ1n) is 33.9. The number of allylic oxidation sites excluding steroid dienone is 3. The van der Waals surface area contributed by atoms with Crippen LogP contribution in [0.15, 0.2) is 23.8 Å². The third-order valence-electron chi connectivity index (χ3n) is 24.5. The number of esters is 1. The largest absolute Gasteiger partial charge is 0.479 e. The van der Waals surface area contributed by atoms with Gasteiger partial charge < -0.3 is 134 Å². The van der Waals surface area contributed by atoms with E-state index in [-0.39, 0.29) is 29.8 Å². The minimum absolute atomic E-state index is 0.0143. The minimum Gasteiger partial charge on any atom is -0.479 e. The number of aliphatic hydroxyl groups is 15. The number of aliphatic hydroxyl groups excluding tert-OH is 15. The van der Waals surface area contributed by atoms with Crippen molar-refractivity contribution >= 4 is 11.9 Å². The summed E-state index contributed by atoms with van der Waals surface area (Å²) in [7, 11) is 0. The highest BCUT2D eigenvalue weighted by molar-refractivity contribution is 5.82. The Morgan fingerprint density at radius 3 is 1.69 bits per heavy atom. The van der Waals surface area contributed by atoms with E-state index >= 15 is 0 Å². The van der Waals surface area contributed by atoms with Gasteiger partial charge in [-0.25, -0.2) is 9.59 Å². The van der Waals surface area contributed by atoms with E-state index in [0.717, 1.165) is 12.0 Å². The number of carboxylic acid groups (broad SMARTS) is 1. The first-order valence-corrected chi connectivity index (χ1v) is 33.9. The fraction of sp³-hybridized carbons (Fsp3) is 0.909. The Morgan fingerprint density at radius 1 is 0.558 bits per heavy atom. The van der Waals surface area contributed by atoms with Crippen LogP contribution in [0.5, 0.6) is 0 Å². The van der Waals surface area contributed by atoms with Crippen LogP contribution < -0.4 is 0 Å². The number of hydrogen-bond acceptors (Lipinski definition) is 28. The molecule has 5 aliphatic carbocycles. The van der Waals surface area contributed by atoms with Crippen molar-refractivity contribution in [3.63, 3.8) is 0 Å². The molecule has 5 saturated heterocycles. The summed E-state index contributed by atoms with van der Waals surface area (Å²) < 4.78 is 68.1. The van der Waals surface area contributed by atoms with Gasteiger partial charge in [0.05, 0.1) is 49.7 Å². The standard InChI is InChI=1S/C66H106O29/c1-11-12-13-14-38(71)89-37-23-61(4,5)21-30-29-15-16-34-63(8)19-18-36(62(6,7)33(63)17-20-64(34,9)65(29,10)22-35(70)66(30,37)26-69)90-60-54(95-57-48(81)44(77)41(74)31(24-67)87-57)50(49(82)51(92-60)55(83)84)91-59-53(46(79)42(75)32(25-68)88-59)94-58-52(45(78)40(73)28(3)86-58)93-56-47(80)43(76)39(72)27(2)85-56/h13-15,27-28,30-37,39-54,56-60,67-70,72-82H,11-12,16-26H2,1-10H3,(H,83,84)/b14-13-/t27-,28-,30-,31+,32+,33-,34+,35+,36-,37-,39-,40-,41+,42-,43+,44-,45+,46-,47+,48+,49-,50-,51-,52+,53+,54+,56-,57-,58-,59-,60+,63-,64+,65+,66-/m0/s1. The highest BCUT2D eigenvalue weighted by Crippen LogP contribution is 2.76. The predicted molar refractivity (Wildman–Crippen MR) is 324 cm³/mol. The Hall–Kier alpha value is -2.58. The number of unbranched alkanes of at least 4 members (excludes halogenated alkanes) is 1. The SMILES string of the molecule is CCC/C=C\C(=O)O[C@H]1CC(C)(C)C[C@H]2C3=CC[C@@H]4[C@@]5(C)CC[C@H](O[C@@H]6O[C@H](C(=O)O)[C@@H](O)[C@H](O[C@@H]7O[C@H](CO)[C@H](O)[C@H](O)[C@H]7O[C@@H]7O[C@@H](C)[C@H](O)[C@@H](O)[C@H]7O[C@@H]7O[C@@H](C)[C@H](O)[C@@H](O)[C@H]7O)[C@H]6O[C@@H]6O[C@H](CO)[C@@H](O)[C@H](O)[C@H]6O)C(C)(C)[C@@H]5CC[C@@]4(C)[C@]3(C)C[C@@H](O)[C@@]12CO. The van der Waals surface area contributed by atoms with Gasteiger partial charge in [-0.3, -0.25) is 0 Å². The second-order valence-corrected chi connectivity index (χ2v) is 30.9. The molecule has 0 aromatic carbocycles. The van der Waals surface area contributed by atoms with E-state index in [9.17, 15) is 91.3 Å². The van der Waals surface area contributed by atoms with Crippen molar-refractivity contribution in [2.45, 2.75) is 305 Å². The Labute approximate surface area is 552 Å². The quantitative estimate of drug-likeness (QED) is 0.0313. The zero-order valence-corrected chi connectivity index (χ0v) is 55.8. The zero-order valence-electron chi connectivity index (χ0n) is 55.8. The van der Waals surface area contributed by atoms with Gasteiger partial charge in [-0.15, -0.1) is 0 Å². The van der Waals surface area contributed by atoms with Crippen molar-refractivity contribution in [2.75, 3.05) is 19.8 Å². The molecule has 0 radical (unpaired) electrons. The summed E-state index contributed by atoms with van der Waals surface area (Å²) in [5, 5.41) is 180. The highest BCUT2D eigenvalue weighted by Gasteiger charge is 2.72. The summed E-state index contributed by atoms with van der Waals surface area (Å²) >= 11 is 0. The molecule has 35 atom stereocenters. The predicted octanol–water partition coefficient (Wildman–Crippen LogP) is -1.74. The molecule has 4 saturated carbocycles. The smallest absolute Gasteiger partial charge is 0.335 e. The number of aliphatic carboxylic acids is 1. The van der Waals surface area contributed by atoms with Gasteiger partial charge in [-0.1, -0.05) is 79.5 Å². The number of fused-ring (bicyclic) bond motifs is 7. The molecular weight excluding hydrogens is 1260 g/mol. The van der Waals surface area contributed by atoms with E-state index in [1.54, 1.807) is 6.08 Å². The molecular formula is C66H106O29. The van der Waals surface area contributed by atoms with Crippen LogP contribution in [0.3, 0.4) is 0 Å². The molecule has 0 unspecified atom stereocenters. The van der Waals surface area contributed by atoms with Gasteiger partial charge in [0, 0.05) is 6.08 Å². The van der Waals surface area contributed by atoms with Crippen LogP contribution in [-0.4, -0.2) is 285 Å². The maximum absolute atomic E-state index is 13.4. The van der Waals surface area contributed by atoms with E-state index in [0.29, 0.717) is 57.8 Å². The average molecular weight is 1360 g/mol. The number of hydrogen-bond donors (Lipinski definition) is 16. The van der Waals surface area contributed by atoms with Crippen LogP contribution in [0, 0.1) is 50.2 Å². The van der Waals surface area contributed by atoms with Gasteiger partial charge in [-0.2, -0.15) is 0 Å². The Kier molecular flexibility index (Phi) is 22.4. The van der Waals surface area contributed by atoms with E-state index in [2.05, 4.69) is 40.7 Å². The monoisotopic (exact) mass is 1360 g/mol. The van der Waals surface area contributed by atoms with Gasteiger partial charge in [0.25, 0.3) is 0 Å². The number of carbonyl (C=O) groups is 2. The second-order valence-electron chi connectivity index (χ2n) is 30.9. The van der Waals surface area contributed by atoms with E-state index < -0.39 is 224 Å². The summed E-state index contributed by atoms with van der Waals surface area (Å²) in [5.74, 6) is -2.70.